The Balaban J connectivity index is 2.27. The molecule has 0 fully saturated rings. The molecule has 0 radical (unpaired) electrons. The normalized spacial score (nSPS) is 18.1. The fourth-order valence-electron chi connectivity index (χ4n) is 2.24. The number of hydrogen-bond acceptors (Lipinski definition) is 1. The molecule has 1 unspecified atom stereocenters. The lowest BCUT2D eigenvalue weighted by molar-refractivity contribution is 0.209. The highest BCUT2D eigenvalue weighted by Crippen LogP contribution is 2.30. The number of allylic oxidation sites excluding steroid dienone is 1. The number of hydrogen-bond donors (Lipinski definition) is 1. The third kappa shape index (κ3) is 2.75. The molecule has 1 nitrogen and oxygen atoms in total. The zero-order valence-corrected chi connectivity index (χ0v) is 9.93. The summed E-state index contributed by atoms with van der Waals surface area (Å²) in [6, 6.07) is 1.71. The van der Waals surface area contributed by atoms with Crippen molar-refractivity contribution in [3.05, 3.63) is 46.8 Å². The summed E-state index contributed by atoms with van der Waals surface area (Å²) in [6.07, 6.45) is 5.53. The third-order valence-electron chi connectivity index (χ3n) is 3.25. The minimum absolute atomic E-state index is 0.0690. The summed E-state index contributed by atoms with van der Waals surface area (Å²) >= 11 is 0. The smallest absolute Gasteiger partial charge is 0.194 e. The van der Waals surface area contributed by atoms with Crippen molar-refractivity contribution in [3.8, 4) is 0 Å². The van der Waals surface area contributed by atoms with Crippen LogP contribution in [0.5, 0.6) is 0 Å². The molecule has 1 aliphatic rings. The van der Waals surface area contributed by atoms with E-state index in [1.165, 1.54) is 0 Å². The summed E-state index contributed by atoms with van der Waals surface area (Å²) in [5.41, 5.74) is 0.831. The van der Waals surface area contributed by atoms with E-state index in [1.807, 2.05) is 6.08 Å². The second kappa shape index (κ2) is 5.57. The van der Waals surface area contributed by atoms with Crippen LogP contribution in [0.1, 0.15) is 43.8 Å². The van der Waals surface area contributed by atoms with Crippen LogP contribution < -0.4 is 0 Å². The van der Waals surface area contributed by atoms with Gasteiger partial charge in [0.25, 0.3) is 0 Å². The first kappa shape index (κ1) is 13.1. The number of halogens is 3. The van der Waals surface area contributed by atoms with Gasteiger partial charge in [0.1, 0.15) is 6.10 Å². The number of benzene rings is 1. The van der Waals surface area contributed by atoms with Gasteiger partial charge in [0.15, 0.2) is 17.5 Å². The largest absolute Gasteiger partial charge is 0.384 e. The summed E-state index contributed by atoms with van der Waals surface area (Å²) in [6.45, 7) is 0. The number of aliphatic hydroxyl groups is 1. The van der Waals surface area contributed by atoms with Crippen LogP contribution in [0.25, 0.3) is 0 Å². The van der Waals surface area contributed by atoms with Gasteiger partial charge >= 0.3 is 0 Å². The van der Waals surface area contributed by atoms with Gasteiger partial charge in [-0.25, -0.2) is 13.2 Å². The summed E-state index contributed by atoms with van der Waals surface area (Å²) < 4.78 is 39.0. The quantitative estimate of drug-likeness (QED) is 0.625. The summed E-state index contributed by atoms with van der Waals surface area (Å²) in [5.74, 6) is -4.03. The van der Waals surface area contributed by atoms with E-state index < -0.39 is 23.6 Å². The molecule has 4 heteroatoms. The molecule has 0 saturated heterocycles. The summed E-state index contributed by atoms with van der Waals surface area (Å²) in [5, 5.41) is 10.1. The zero-order chi connectivity index (χ0) is 13.1. The maximum atomic E-state index is 13.1. The van der Waals surface area contributed by atoms with E-state index in [1.54, 1.807) is 0 Å². The van der Waals surface area contributed by atoms with Crippen LogP contribution >= 0.6 is 0 Å². The molecule has 1 N–H and O–H groups in total. The van der Waals surface area contributed by atoms with Gasteiger partial charge in [-0.1, -0.05) is 12.5 Å². The molecule has 0 spiro atoms. The van der Waals surface area contributed by atoms with Gasteiger partial charge in [0.05, 0.1) is 0 Å². The van der Waals surface area contributed by atoms with E-state index in [-0.39, 0.29) is 5.56 Å². The maximum absolute atomic E-state index is 13.1. The van der Waals surface area contributed by atoms with Crippen LogP contribution in [-0.2, 0) is 0 Å². The van der Waals surface area contributed by atoms with Crippen LogP contribution in [-0.4, -0.2) is 5.11 Å². The second-order valence-electron chi connectivity index (χ2n) is 4.58. The van der Waals surface area contributed by atoms with Gasteiger partial charge < -0.3 is 5.11 Å². The Morgan fingerprint density at radius 1 is 1.00 bits per heavy atom. The van der Waals surface area contributed by atoms with Crippen molar-refractivity contribution in [1.29, 1.82) is 0 Å². The van der Waals surface area contributed by atoms with Crippen LogP contribution in [0.15, 0.2) is 23.8 Å². The van der Waals surface area contributed by atoms with Crippen molar-refractivity contribution in [2.24, 2.45) is 0 Å². The van der Waals surface area contributed by atoms with Crippen LogP contribution in [0, 0.1) is 17.5 Å². The van der Waals surface area contributed by atoms with Crippen LogP contribution in [0.2, 0.25) is 0 Å². The molecule has 1 aromatic rings. The Morgan fingerprint density at radius 3 is 2.33 bits per heavy atom. The fourth-order valence-corrected chi connectivity index (χ4v) is 2.24. The predicted molar refractivity (Wildman–Crippen MR) is 62.4 cm³/mol. The lowest BCUT2D eigenvalue weighted by Gasteiger charge is -2.15. The van der Waals surface area contributed by atoms with Crippen LogP contribution in [0.4, 0.5) is 13.2 Å². The standard InChI is InChI=1S/C14H15F3O/c15-11-7-10(8-12(16)13(11)17)14(18)9-5-3-1-2-4-6-9/h5,7-8,14,18H,1-4,6H2. The lowest BCUT2D eigenvalue weighted by Crippen LogP contribution is -2.04. The Bertz CT molecular complexity index is 445. The topological polar surface area (TPSA) is 20.2 Å². The summed E-state index contributed by atoms with van der Waals surface area (Å²) in [7, 11) is 0. The van der Waals surface area contributed by atoms with Gasteiger partial charge in [0.2, 0.25) is 0 Å². The Morgan fingerprint density at radius 2 is 1.67 bits per heavy atom. The SMILES string of the molecule is OC(C1=CCCCCC1)c1cc(F)c(F)c(F)c1. The molecule has 98 valence electrons. The van der Waals surface area contributed by atoms with E-state index in [0.717, 1.165) is 43.4 Å². The molecule has 2 rings (SSSR count). The second-order valence-corrected chi connectivity index (χ2v) is 4.58. The van der Waals surface area contributed by atoms with Crippen molar-refractivity contribution in [3.63, 3.8) is 0 Å². The first-order valence-electron chi connectivity index (χ1n) is 6.11. The monoisotopic (exact) mass is 256 g/mol. The van der Waals surface area contributed by atoms with E-state index in [9.17, 15) is 18.3 Å². The Kier molecular flexibility index (Phi) is 4.07. The van der Waals surface area contributed by atoms with E-state index in [4.69, 9.17) is 0 Å². The first-order chi connectivity index (χ1) is 8.59. The molecule has 0 aromatic heterocycles. The molecule has 18 heavy (non-hydrogen) atoms. The highest BCUT2D eigenvalue weighted by atomic mass is 19.2. The predicted octanol–water partition coefficient (Wildman–Crippen LogP) is 4.03. The van der Waals surface area contributed by atoms with Gasteiger partial charge in [-0.05, 0) is 49.0 Å². The van der Waals surface area contributed by atoms with Crippen molar-refractivity contribution in [2.75, 3.05) is 0 Å². The molecule has 0 aliphatic heterocycles. The Labute approximate surface area is 104 Å². The third-order valence-corrected chi connectivity index (χ3v) is 3.25. The fraction of sp³-hybridized carbons (Fsp3) is 0.429. The minimum Gasteiger partial charge on any atom is -0.384 e. The Hall–Kier alpha value is -1.29. The van der Waals surface area contributed by atoms with E-state index >= 15 is 0 Å². The minimum atomic E-state index is -1.50. The van der Waals surface area contributed by atoms with Gasteiger partial charge in [-0.15, -0.1) is 0 Å². The molecule has 1 aromatic carbocycles. The zero-order valence-electron chi connectivity index (χ0n) is 9.93. The molecule has 0 heterocycles. The molecular formula is C14H15F3O. The number of rotatable bonds is 2. The molecule has 0 saturated carbocycles. The highest BCUT2D eigenvalue weighted by Gasteiger charge is 2.19. The van der Waals surface area contributed by atoms with Crippen molar-refractivity contribution in [2.45, 2.75) is 38.2 Å². The van der Waals surface area contributed by atoms with E-state index in [0.29, 0.717) is 6.42 Å². The molecule has 0 bridgehead atoms. The molecule has 0 amide bonds. The average molecular weight is 256 g/mol. The van der Waals surface area contributed by atoms with Gasteiger partial charge in [-0.3, -0.25) is 0 Å². The molecule has 1 aliphatic carbocycles. The van der Waals surface area contributed by atoms with Crippen molar-refractivity contribution < 1.29 is 18.3 Å². The molecular weight excluding hydrogens is 241 g/mol. The van der Waals surface area contributed by atoms with Gasteiger partial charge in [0, 0.05) is 0 Å². The maximum Gasteiger partial charge on any atom is 0.194 e. The van der Waals surface area contributed by atoms with E-state index in [2.05, 4.69) is 0 Å². The van der Waals surface area contributed by atoms with Crippen molar-refractivity contribution in [1.82, 2.24) is 0 Å². The lowest BCUT2D eigenvalue weighted by atomic mass is 9.97. The summed E-state index contributed by atoms with van der Waals surface area (Å²) in [4.78, 5) is 0. The first-order valence-corrected chi connectivity index (χ1v) is 6.11. The highest BCUT2D eigenvalue weighted by molar-refractivity contribution is 5.28. The van der Waals surface area contributed by atoms with Crippen LogP contribution in [0.3, 0.4) is 0 Å². The van der Waals surface area contributed by atoms with Gasteiger partial charge in [-0.2, -0.15) is 0 Å². The number of aliphatic hydroxyl groups excluding tert-OH is 1. The average Bonchev–Trinajstić information content (AvgIpc) is 2.63. The molecule has 1 atom stereocenters. The van der Waals surface area contributed by atoms with Crippen molar-refractivity contribution >= 4 is 0 Å².